The lowest BCUT2D eigenvalue weighted by atomic mass is 9.87. The zero-order valence-electron chi connectivity index (χ0n) is 17.4. The van der Waals surface area contributed by atoms with Crippen molar-refractivity contribution in [2.75, 3.05) is 5.75 Å². The molecule has 3 aromatic rings. The summed E-state index contributed by atoms with van der Waals surface area (Å²) in [4.78, 5) is 23.8. The van der Waals surface area contributed by atoms with E-state index in [4.69, 9.17) is 4.42 Å². The van der Waals surface area contributed by atoms with Gasteiger partial charge in [-0.25, -0.2) is 4.79 Å². The molecule has 0 bridgehead atoms. The fraction of sp³-hybridized carbons (Fsp3) is 0.333. The van der Waals surface area contributed by atoms with Crippen LogP contribution in [0.1, 0.15) is 32.1 Å². The number of hydrogen-bond acceptors (Lipinski definition) is 6. The lowest BCUT2D eigenvalue weighted by Crippen LogP contribution is -2.39. The van der Waals surface area contributed by atoms with Crippen LogP contribution in [0.4, 0.5) is 4.79 Å². The van der Waals surface area contributed by atoms with Gasteiger partial charge >= 0.3 is 6.03 Å². The fourth-order valence-electron chi connectivity index (χ4n) is 2.73. The van der Waals surface area contributed by atoms with Crippen LogP contribution < -0.4 is 10.6 Å². The van der Waals surface area contributed by atoms with Gasteiger partial charge < -0.3 is 14.3 Å². The van der Waals surface area contributed by atoms with Crippen LogP contribution in [0.25, 0.3) is 11.4 Å². The molecule has 0 aliphatic rings. The maximum absolute atomic E-state index is 12.0. The lowest BCUT2D eigenvalue weighted by Gasteiger charge is -2.19. The molecule has 8 nitrogen and oxygen atoms in total. The molecule has 2 N–H and O–H groups in total. The van der Waals surface area contributed by atoms with Gasteiger partial charge in [0.25, 0.3) is 0 Å². The summed E-state index contributed by atoms with van der Waals surface area (Å²) in [5.74, 6) is 0.947. The average molecular weight is 428 g/mol. The molecular formula is C21H25N5O3S. The van der Waals surface area contributed by atoms with E-state index in [9.17, 15) is 9.59 Å². The molecule has 0 atom stereocenters. The second kappa shape index (κ2) is 9.17. The van der Waals surface area contributed by atoms with E-state index in [0.29, 0.717) is 10.9 Å². The standard InChI is InChI=1S/C21H25N5O3S/c1-21(2,3)15-9-7-14(8-10-15)18-24-25-20(26(18)4)30-13-17(27)23-19(28)22-12-16-6-5-11-29-16/h5-11H,12-13H2,1-4H3,(H2,22,23,27,28). The Bertz CT molecular complexity index is 1000. The average Bonchev–Trinajstić information content (AvgIpc) is 3.34. The van der Waals surface area contributed by atoms with Crippen molar-refractivity contribution >= 4 is 23.7 Å². The number of hydrogen-bond donors (Lipinski definition) is 2. The molecule has 2 aromatic heterocycles. The first-order valence-electron chi connectivity index (χ1n) is 9.47. The van der Waals surface area contributed by atoms with Gasteiger partial charge in [0, 0.05) is 12.6 Å². The van der Waals surface area contributed by atoms with Crippen LogP contribution in [0.5, 0.6) is 0 Å². The van der Waals surface area contributed by atoms with E-state index in [0.717, 1.165) is 11.4 Å². The maximum Gasteiger partial charge on any atom is 0.321 e. The van der Waals surface area contributed by atoms with Gasteiger partial charge in [-0.3, -0.25) is 10.1 Å². The molecule has 9 heteroatoms. The summed E-state index contributed by atoms with van der Waals surface area (Å²) in [6, 6.07) is 11.1. The minimum absolute atomic E-state index is 0.0447. The van der Waals surface area contributed by atoms with Crippen molar-refractivity contribution in [2.45, 2.75) is 37.9 Å². The van der Waals surface area contributed by atoms with Gasteiger partial charge in [0.2, 0.25) is 5.91 Å². The molecule has 3 amide bonds. The summed E-state index contributed by atoms with van der Waals surface area (Å²) in [6.07, 6.45) is 1.52. The van der Waals surface area contributed by atoms with Crippen molar-refractivity contribution in [3.63, 3.8) is 0 Å². The minimum atomic E-state index is -0.574. The van der Waals surface area contributed by atoms with Gasteiger partial charge in [0.1, 0.15) is 5.76 Å². The van der Waals surface area contributed by atoms with Crippen LogP contribution >= 0.6 is 11.8 Å². The van der Waals surface area contributed by atoms with E-state index in [1.165, 1.54) is 23.6 Å². The minimum Gasteiger partial charge on any atom is -0.467 e. The number of amides is 3. The predicted molar refractivity (Wildman–Crippen MR) is 115 cm³/mol. The zero-order chi connectivity index (χ0) is 21.7. The van der Waals surface area contributed by atoms with Crippen molar-refractivity contribution < 1.29 is 14.0 Å². The Morgan fingerprint density at radius 3 is 2.50 bits per heavy atom. The number of furan rings is 1. The molecule has 3 rings (SSSR count). The molecule has 0 aliphatic carbocycles. The number of nitrogens with one attached hydrogen (secondary N) is 2. The van der Waals surface area contributed by atoms with E-state index in [-0.39, 0.29) is 17.7 Å². The number of urea groups is 1. The maximum atomic E-state index is 12.0. The Morgan fingerprint density at radius 2 is 1.87 bits per heavy atom. The van der Waals surface area contributed by atoms with E-state index in [1.54, 1.807) is 12.1 Å². The van der Waals surface area contributed by atoms with Gasteiger partial charge in [-0.05, 0) is 23.1 Å². The van der Waals surface area contributed by atoms with E-state index in [1.807, 2.05) is 23.7 Å². The Hall–Kier alpha value is -3.07. The molecular weight excluding hydrogens is 402 g/mol. The van der Waals surface area contributed by atoms with Gasteiger partial charge in [-0.1, -0.05) is 56.8 Å². The molecule has 0 saturated carbocycles. The summed E-state index contributed by atoms with van der Waals surface area (Å²) in [5, 5.41) is 13.8. The predicted octanol–water partition coefficient (Wildman–Crippen LogP) is 3.49. The third-order valence-electron chi connectivity index (χ3n) is 4.43. The summed E-state index contributed by atoms with van der Waals surface area (Å²) >= 11 is 1.21. The van der Waals surface area contributed by atoms with Crippen molar-refractivity contribution in [3.8, 4) is 11.4 Å². The number of rotatable bonds is 6. The summed E-state index contributed by atoms with van der Waals surface area (Å²) in [5.41, 5.74) is 2.27. The van der Waals surface area contributed by atoms with Crippen LogP contribution in [-0.4, -0.2) is 32.5 Å². The van der Waals surface area contributed by atoms with Gasteiger partial charge in [0.15, 0.2) is 11.0 Å². The quantitative estimate of drug-likeness (QED) is 0.584. The first kappa shape index (κ1) is 21.6. The van der Waals surface area contributed by atoms with Crippen molar-refractivity contribution in [1.29, 1.82) is 0 Å². The zero-order valence-corrected chi connectivity index (χ0v) is 18.2. The van der Waals surface area contributed by atoms with Crippen molar-refractivity contribution in [1.82, 2.24) is 25.4 Å². The Labute approximate surface area is 179 Å². The monoisotopic (exact) mass is 427 g/mol. The first-order valence-corrected chi connectivity index (χ1v) is 10.5. The number of carbonyl (C=O) groups is 2. The normalized spacial score (nSPS) is 11.3. The molecule has 1 aromatic carbocycles. The highest BCUT2D eigenvalue weighted by molar-refractivity contribution is 7.99. The second-order valence-corrected chi connectivity index (χ2v) is 8.73. The largest absolute Gasteiger partial charge is 0.467 e. The molecule has 0 aliphatic heterocycles. The number of benzene rings is 1. The SMILES string of the molecule is Cn1c(SCC(=O)NC(=O)NCc2ccco2)nnc1-c1ccc(C(C)(C)C)cc1. The molecule has 30 heavy (non-hydrogen) atoms. The van der Waals surface area contributed by atoms with Crippen molar-refractivity contribution in [3.05, 3.63) is 54.0 Å². The highest BCUT2D eigenvalue weighted by Crippen LogP contribution is 2.26. The van der Waals surface area contributed by atoms with Crippen molar-refractivity contribution in [2.24, 2.45) is 7.05 Å². The first-order chi connectivity index (χ1) is 14.2. The molecule has 2 heterocycles. The molecule has 0 fully saturated rings. The van der Waals surface area contributed by atoms with E-state index < -0.39 is 11.9 Å². The molecule has 0 radical (unpaired) electrons. The fourth-order valence-corrected chi connectivity index (χ4v) is 3.44. The second-order valence-electron chi connectivity index (χ2n) is 7.79. The highest BCUT2D eigenvalue weighted by atomic mass is 32.2. The van der Waals surface area contributed by atoms with Crippen LogP contribution in [0.3, 0.4) is 0 Å². The number of carbonyl (C=O) groups excluding carboxylic acids is 2. The number of aromatic nitrogens is 3. The van der Waals surface area contributed by atoms with Crippen LogP contribution in [0.15, 0.2) is 52.2 Å². The topological polar surface area (TPSA) is 102 Å². The van der Waals surface area contributed by atoms with Gasteiger partial charge in [-0.2, -0.15) is 0 Å². The molecule has 0 spiro atoms. The number of thioether (sulfide) groups is 1. The smallest absolute Gasteiger partial charge is 0.321 e. The third kappa shape index (κ3) is 5.50. The Morgan fingerprint density at radius 1 is 1.13 bits per heavy atom. The number of nitrogens with zero attached hydrogens (tertiary/aromatic N) is 3. The third-order valence-corrected chi connectivity index (χ3v) is 5.45. The number of imide groups is 1. The summed E-state index contributed by atoms with van der Waals surface area (Å²) in [6.45, 7) is 6.71. The van der Waals surface area contributed by atoms with Crippen LogP contribution in [0.2, 0.25) is 0 Å². The molecule has 0 unspecified atom stereocenters. The van der Waals surface area contributed by atoms with E-state index in [2.05, 4.69) is 53.7 Å². The Balaban J connectivity index is 1.53. The van der Waals surface area contributed by atoms with Crippen LogP contribution in [-0.2, 0) is 23.8 Å². The van der Waals surface area contributed by atoms with Gasteiger partial charge in [-0.15, -0.1) is 10.2 Å². The molecule has 158 valence electrons. The Kier molecular flexibility index (Phi) is 6.61. The summed E-state index contributed by atoms with van der Waals surface area (Å²) < 4.78 is 6.95. The highest BCUT2D eigenvalue weighted by Gasteiger charge is 2.16. The summed E-state index contributed by atoms with van der Waals surface area (Å²) in [7, 11) is 1.85. The van der Waals surface area contributed by atoms with Crippen LogP contribution in [0, 0.1) is 0 Å². The lowest BCUT2D eigenvalue weighted by molar-refractivity contribution is -0.117. The van der Waals surface area contributed by atoms with E-state index >= 15 is 0 Å². The molecule has 0 saturated heterocycles. The van der Waals surface area contributed by atoms with Gasteiger partial charge in [0.05, 0.1) is 18.6 Å².